The molecule has 0 saturated heterocycles. The van der Waals surface area contributed by atoms with Crippen LogP contribution in [0.25, 0.3) is 0 Å². The number of anilines is 1. The molecule has 11 nitrogen and oxygen atoms in total. The van der Waals surface area contributed by atoms with E-state index in [0.29, 0.717) is 21.8 Å². The number of halogens is 1. The van der Waals surface area contributed by atoms with Crippen LogP contribution in [0.4, 0.5) is 10.1 Å². The highest BCUT2D eigenvalue weighted by Gasteiger charge is 2.31. The van der Waals surface area contributed by atoms with Gasteiger partial charge in [-0.05, 0) is 57.0 Å². The summed E-state index contributed by atoms with van der Waals surface area (Å²) in [6.45, 7) is 10.2. The molecule has 4 N–H and O–H groups in total. The third kappa shape index (κ3) is 10.8. The van der Waals surface area contributed by atoms with Gasteiger partial charge in [-0.15, -0.1) is 11.3 Å². The number of carbonyl (C=O) groups excluding carboxylic acids is 4. The summed E-state index contributed by atoms with van der Waals surface area (Å²) in [4.78, 5) is 57.9. The first-order chi connectivity index (χ1) is 22.3. The summed E-state index contributed by atoms with van der Waals surface area (Å²) in [5.41, 5.74) is 1.90. The van der Waals surface area contributed by atoms with Crippen molar-refractivity contribution in [3.63, 3.8) is 0 Å². The Kier molecular flexibility index (Phi) is 14.9. The standard InChI is InChI=1S/C32H35FN6O5S.C2H6/c1-6-22(15-34)32(44)39(5)24-9-7-8-21(13-24)14-26(29(41)36-16-23-11-10-18(2)12-25(23)33)37-31(43)28(19(3)40)38-30(42)27-17-35-20(4)45-27;1-2/h6-13,17,19,26,28,40H,14,16H2,1-5H3,(H,36,41)(H,37,43)(H,38,42);1-2H3/b22-6+;/t19?,26-,28-;/m0./s1. The van der Waals surface area contributed by atoms with E-state index in [-0.39, 0.29) is 29.0 Å². The second-order valence-corrected chi connectivity index (χ2v) is 11.6. The van der Waals surface area contributed by atoms with Crippen molar-refractivity contribution in [2.45, 2.75) is 72.7 Å². The summed E-state index contributed by atoms with van der Waals surface area (Å²) in [6.07, 6.45) is 1.38. The molecule has 3 rings (SSSR count). The van der Waals surface area contributed by atoms with E-state index in [9.17, 15) is 33.9 Å². The number of allylic oxidation sites excluding steroid dienone is 1. The van der Waals surface area contributed by atoms with Gasteiger partial charge in [0.15, 0.2) is 0 Å². The Morgan fingerprint density at radius 3 is 2.38 bits per heavy atom. The molecule has 3 aromatic rings. The molecule has 1 aromatic heterocycles. The summed E-state index contributed by atoms with van der Waals surface area (Å²) in [5.74, 6) is -3.10. The molecular formula is C34H41FN6O5S. The van der Waals surface area contributed by atoms with Gasteiger partial charge >= 0.3 is 0 Å². The Morgan fingerprint density at radius 1 is 1.11 bits per heavy atom. The molecule has 2 aromatic carbocycles. The average Bonchev–Trinajstić information content (AvgIpc) is 3.50. The summed E-state index contributed by atoms with van der Waals surface area (Å²) < 4.78 is 14.5. The van der Waals surface area contributed by atoms with Crippen molar-refractivity contribution in [2.75, 3.05) is 11.9 Å². The minimum atomic E-state index is -1.41. The molecular weight excluding hydrogens is 623 g/mol. The number of aliphatic hydroxyl groups excluding tert-OH is 1. The fourth-order valence-electron chi connectivity index (χ4n) is 4.32. The maximum absolute atomic E-state index is 14.5. The lowest BCUT2D eigenvalue weighted by molar-refractivity contribution is -0.131. The van der Waals surface area contributed by atoms with Crippen LogP contribution in [0.5, 0.6) is 0 Å². The summed E-state index contributed by atoms with van der Waals surface area (Å²) >= 11 is 1.12. The molecule has 250 valence electrons. The molecule has 0 aliphatic rings. The van der Waals surface area contributed by atoms with Gasteiger partial charge in [-0.2, -0.15) is 5.26 Å². The smallest absolute Gasteiger partial charge is 0.268 e. The number of thiazole rings is 1. The number of amides is 4. The Labute approximate surface area is 278 Å². The predicted octanol–water partition coefficient (Wildman–Crippen LogP) is 3.88. The Balaban J connectivity index is 0.00000376. The molecule has 0 aliphatic carbocycles. The third-order valence-electron chi connectivity index (χ3n) is 6.87. The highest BCUT2D eigenvalue weighted by Crippen LogP contribution is 2.19. The summed E-state index contributed by atoms with van der Waals surface area (Å²) in [5, 5.41) is 28.0. The topological polar surface area (TPSA) is 165 Å². The molecule has 0 fully saturated rings. The number of rotatable bonds is 12. The van der Waals surface area contributed by atoms with Crippen molar-refractivity contribution in [1.29, 1.82) is 5.26 Å². The lowest BCUT2D eigenvalue weighted by Crippen LogP contribution is -2.57. The van der Waals surface area contributed by atoms with Gasteiger partial charge in [-0.3, -0.25) is 19.2 Å². The number of hydrogen-bond acceptors (Lipinski definition) is 8. The minimum Gasteiger partial charge on any atom is -0.391 e. The van der Waals surface area contributed by atoms with E-state index in [2.05, 4.69) is 20.9 Å². The highest BCUT2D eigenvalue weighted by atomic mass is 32.1. The zero-order valence-corrected chi connectivity index (χ0v) is 28.4. The largest absolute Gasteiger partial charge is 0.391 e. The van der Waals surface area contributed by atoms with Gasteiger partial charge in [-0.1, -0.05) is 44.2 Å². The fourth-order valence-corrected chi connectivity index (χ4v) is 5.00. The SMILES string of the molecule is C/C=C(\C#N)C(=O)N(C)c1cccc(C[C@H](NC(=O)[C@@H](NC(=O)c2cnc(C)s2)C(C)O)C(=O)NCc2ccc(C)cc2F)c1.CC. The Hall–Kier alpha value is -4.93. The lowest BCUT2D eigenvalue weighted by Gasteiger charge is -2.25. The van der Waals surface area contributed by atoms with Crippen molar-refractivity contribution in [1.82, 2.24) is 20.9 Å². The fraction of sp³-hybridized carbons (Fsp3) is 0.353. The number of likely N-dealkylation sites (N-methyl/N-ethyl adjacent to an activating group) is 1. The van der Waals surface area contributed by atoms with Crippen molar-refractivity contribution < 1.29 is 28.7 Å². The molecule has 0 radical (unpaired) electrons. The number of carbonyl (C=O) groups is 4. The van der Waals surface area contributed by atoms with Crippen LogP contribution in [-0.2, 0) is 27.3 Å². The van der Waals surface area contributed by atoms with E-state index >= 15 is 0 Å². The second-order valence-electron chi connectivity index (χ2n) is 10.4. The van der Waals surface area contributed by atoms with Gasteiger partial charge in [0.25, 0.3) is 11.8 Å². The molecule has 4 amide bonds. The van der Waals surface area contributed by atoms with Gasteiger partial charge in [-0.25, -0.2) is 9.37 Å². The normalized spacial score (nSPS) is 12.7. The highest BCUT2D eigenvalue weighted by molar-refractivity contribution is 7.13. The van der Waals surface area contributed by atoms with Crippen molar-refractivity contribution >= 4 is 40.7 Å². The first-order valence-electron chi connectivity index (χ1n) is 15.0. The van der Waals surface area contributed by atoms with Crippen LogP contribution in [0.15, 0.2) is 60.3 Å². The van der Waals surface area contributed by atoms with E-state index in [1.807, 2.05) is 19.9 Å². The average molecular weight is 665 g/mol. The molecule has 1 heterocycles. The van der Waals surface area contributed by atoms with Crippen LogP contribution in [-0.4, -0.2) is 59.0 Å². The van der Waals surface area contributed by atoms with Crippen LogP contribution < -0.4 is 20.9 Å². The maximum atomic E-state index is 14.5. The number of hydrogen-bond donors (Lipinski definition) is 4. The molecule has 47 heavy (non-hydrogen) atoms. The zero-order valence-electron chi connectivity index (χ0n) is 27.6. The van der Waals surface area contributed by atoms with Gasteiger partial charge in [0, 0.05) is 31.3 Å². The molecule has 0 bridgehead atoms. The molecule has 13 heteroatoms. The molecule has 1 unspecified atom stereocenters. The van der Waals surface area contributed by atoms with E-state index in [1.54, 1.807) is 57.2 Å². The van der Waals surface area contributed by atoms with Gasteiger partial charge < -0.3 is 26.0 Å². The van der Waals surface area contributed by atoms with E-state index in [4.69, 9.17) is 0 Å². The number of nitriles is 1. The van der Waals surface area contributed by atoms with Gasteiger partial charge in [0.2, 0.25) is 11.8 Å². The number of aliphatic hydroxyl groups is 1. The second kappa shape index (κ2) is 18.3. The quantitative estimate of drug-likeness (QED) is 0.169. The van der Waals surface area contributed by atoms with Crippen LogP contribution in [0.3, 0.4) is 0 Å². The number of nitrogens with one attached hydrogen (secondary N) is 3. The molecule has 3 atom stereocenters. The van der Waals surface area contributed by atoms with Gasteiger partial charge in [0.1, 0.15) is 34.4 Å². The number of nitrogens with zero attached hydrogens (tertiary/aromatic N) is 3. The van der Waals surface area contributed by atoms with Crippen LogP contribution in [0.2, 0.25) is 0 Å². The lowest BCUT2D eigenvalue weighted by atomic mass is 10.0. The minimum absolute atomic E-state index is 0.0459. The number of aromatic nitrogens is 1. The monoisotopic (exact) mass is 664 g/mol. The third-order valence-corrected chi connectivity index (χ3v) is 7.78. The number of aryl methyl sites for hydroxylation is 2. The maximum Gasteiger partial charge on any atom is 0.268 e. The first-order valence-corrected chi connectivity index (χ1v) is 15.8. The zero-order chi connectivity index (χ0) is 35.3. The van der Waals surface area contributed by atoms with Crippen LogP contribution in [0, 0.1) is 31.0 Å². The van der Waals surface area contributed by atoms with E-state index in [0.717, 1.165) is 11.3 Å². The van der Waals surface area contributed by atoms with Crippen molar-refractivity contribution in [2.24, 2.45) is 0 Å². The Morgan fingerprint density at radius 2 is 1.81 bits per heavy atom. The predicted molar refractivity (Wildman–Crippen MR) is 179 cm³/mol. The van der Waals surface area contributed by atoms with Crippen LogP contribution >= 0.6 is 11.3 Å². The number of benzene rings is 2. The van der Waals surface area contributed by atoms with Crippen LogP contribution in [0.1, 0.15) is 59.1 Å². The summed E-state index contributed by atoms with van der Waals surface area (Å²) in [6, 6.07) is 10.5. The van der Waals surface area contributed by atoms with E-state index < -0.39 is 47.6 Å². The van der Waals surface area contributed by atoms with Crippen molar-refractivity contribution in [3.05, 3.63) is 92.7 Å². The van der Waals surface area contributed by atoms with Gasteiger partial charge in [0.05, 0.1) is 17.3 Å². The molecule has 0 aliphatic heterocycles. The first kappa shape index (κ1) is 38.3. The van der Waals surface area contributed by atoms with Crippen molar-refractivity contribution in [3.8, 4) is 6.07 Å². The molecule has 0 saturated carbocycles. The van der Waals surface area contributed by atoms with E-state index in [1.165, 1.54) is 37.2 Å². The summed E-state index contributed by atoms with van der Waals surface area (Å²) in [7, 11) is 1.50. The Bertz CT molecular complexity index is 1650. The molecule has 0 spiro atoms.